The van der Waals surface area contributed by atoms with E-state index in [-0.39, 0.29) is 12.2 Å². The van der Waals surface area contributed by atoms with Crippen molar-refractivity contribution in [2.45, 2.75) is 0 Å². The number of halogens is 2. The van der Waals surface area contributed by atoms with Gasteiger partial charge in [-0.3, -0.25) is 0 Å². The second-order valence-electron chi connectivity index (χ2n) is 3.30. The minimum absolute atomic E-state index is 0.120. The van der Waals surface area contributed by atoms with Gasteiger partial charge in [-0.25, -0.2) is 8.78 Å². The minimum Gasteiger partial charge on any atom is -0.468 e. The number of hydrogen-bond acceptors (Lipinski definition) is 2. The predicted octanol–water partition coefficient (Wildman–Crippen LogP) is 3.10. The Labute approximate surface area is 91.4 Å². The molecule has 0 aliphatic rings. The van der Waals surface area contributed by atoms with Crippen molar-refractivity contribution in [3.05, 3.63) is 42.0 Å². The molecule has 2 nitrogen and oxygen atoms in total. The fourth-order valence-electron chi connectivity index (χ4n) is 1.46. The first kappa shape index (κ1) is 10.8. The van der Waals surface area contributed by atoms with Crippen LogP contribution in [0.2, 0.25) is 0 Å². The molecule has 0 aliphatic heterocycles. The van der Waals surface area contributed by atoms with Crippen LogP contribution in [0.25, 0.3) is 10.8 Å². The molecule has 2 aromatic carbocycles. The van der Waals surface area contributed by atoms with E-state index in [9.17, 15) is 8.78 Å². The largest absolute Gasteiger partial charge is 0.468 e. The van der Waals surface area contributed by atoms with Crippen molar-refractivity contribution in [1.82, 2.24) is 0 Å². The molecular weight excluding hydrogens is 214 g/mol. The Morgan fingerprint density at radius 3 is 2.69 bits per heavy atom. The van der Waals surface area contributed by atoms with Gasteiger partial charge in [0.05, 0.1) is 0 Å². The van der Waals surface area contributed by atoms with Crippen molar-refractivity contribution in [2.75, 3.05) is 13.9 Å². The lowest BCUT2D eigenvalue weighted by Crippen LogP contribution is -1.98. The summed E-state index contributed by atoms with van der Waals surface area (Å²) in [6, 6.07) is 7.30. The Kier molecular flexibility index (Phi) is 3.01. The molecule has 84 valence electrons. The third-order valence-electron chi connectivity index (χ3n) is 2.22. The van der Waals surface area contributed by atoms with E-state index in [4.69, 9.17) is 9.47 Å². The summed E-state index contributed by atoms with van der Waals surface area (Å²) in [6.45, 7) is 0.120. The molecule has 16 heavy (non-hydrogen) atoms. The Balaban J connectivity index is 2.44. The molecule has 0 unspecified atom stereocenters. The van der Waals surface area contributed by atoms with Gasteiger partial charge in [0.15, 0.2) is 18.4 Å². The monoisotopic (exact) mass is 224 g/mol. The molecule has 0 N–H and O–H groups in total. The fraction of sp³-hybridized carbons (Fsp3) is 0.167. The van der Waals surface area contributed by atoms with Crippen molar-refractivity contribution in [3.8, 4) is 5.75 Å². The lowest BCUT2D eigenvalue weighted by Gasteiger charge is -2.06. The van der Waals surface area contributed by atoms with Gasteiger partial charge >= 0.3 is 0 Å². The topological polar surface area (TPSA) is 18.5 Å². The quantitative estimate of drug-likeness (QED) is 0.746. The Hall–Kier alpha value is -1.68. The molecule has 0 heterocycles. The molecule has 0 atom stereocenters. The number of benzene rings is 2. The van der Waals surface area contributed by atoms with Gasteiger partial charge in [0.1, 0.15) is 5.75 Å². The Morgan fingerprint density at radius 1 is 1.12 bits per heavy atom. The summed E-state index contributed by atoms with van der Waals surface area (Å²) >= 11 is 0. The SMILES string of the molecule is COCOc1ccc2c(F)c(F)ccc2c1. The third kappa shape index (κ3) is 1.97. The molecule has 0 saturated carbocycles. The van der Waals surface area contributed by atoms with Gasteiger partial charge in [-0.15, -0.1) is 0 Å². The van der Waals surface area contributed by atoms with Gasteiger partial charge in [0.2, 0.25) is 0 Å². The third-order valence-corrected chi connectivity index (χ3v) is 2.22. The summed E-state index contributed by atoms with van der Waals surface area (Å²) in [4.78, 5) is 0. The van der Waals surface area contributed by atoms with Crippen LogP contribution in [0, 0.1) is 11.6 Å². The molecule has 0 aliphatic carbocycles. The normalized spacial score (nSPS) is 10.7. The lowest BCUT2D eigenvalue weighted by atomic mass is 10.1. The number of ether oxygens (including phenoxy) is 2. The maximum absolute atomic E-state index is 13.3. The number of rotatable bonds is 3. The van der Waals surface area contributed by atoms with Gasteiger partial charge in [-0.05, 0) is 29.7 Å². The van der Waals surface area contributed by atoms with Gasteiger partial charge in [-0.2, -0.15) is 0 Å². The van der Waals surface area contributed by atoms with Crippen molar-refractivity contribution < 1.29 is 18.3 Å². The summed E-state index contributed by atoms with van der Waals surface area (Å²) in [5.41, 5.74) is 0. The molecule has 0 fully saturated rings. The summed E-state index contributed by atoms with van der Waals surface area (Å²) in [5, 5.41) is 0.831. The highest BCUT2D eigenvalue weighted by Gasteiger charge is 2.07. The average Bonchev–Trinajstić information content (AvgIpc) is 2.31. The smallest absolute Gasteiger partial charge is 0.188 e. The molecule has 4 heteroatoms. The number of fused-ring (bicyclic) bond motifs is 1. The summed E-state index contributed by atoms with van der Waals surface area (Å²) in [5.74, 6) is -1.13. The zero-order chi connectivity index (χ0) is 11.5. The van der Waals surface area contributed by atoms with Gasteiger partial charge in [0, 0.05) is 12.5 Å². The lowest BCUT2D eigenvalue weighted by molar-refractivity contribution is 0.0512. The van der Waals surface area contributed by atoms with Crippen molar-refractivity contribution in [2.24, 2.45) is 0 Å². The van der Waals surface area contributed by atoms with E-state index in [1.165, 1.54) is 19.2 Å². The highest BCUT2D eigenvalue weighted by atomic mass is 19.2. The minimum atomic E-state index is -0.849. The number of hydrogen-bond donors (Lipinski definition) is 0. The molecule has 0 radical (unpaired) electrons. The van der Waals surface area contributed by atoms with Crippen molar-refractivity contribution in [1.29, 1.82) is 0 Å². The summed E-state index contributed by atoms with van der Waals surface area (Å²) < 4.78 is 36.2. The molecule has 0 aromatic heterocycles. The van der Waals surface area contributed by atoms with E-state index in [2.05, 4.69) is 0 Å². The first-order chi connectivity index (χ1) is 7.72. The van der Waals surface area contributed by atoms with Gasteiger partial charge in [0.25, 0.3) is 0 Å². The van der Waals surface area contributed by atoms with Crippen LogP contribution in [-0.4, -0.2) is 13.9 Å². The molecule has 2 rings (SSSR count). The van der Waals surface area contributed by atoms with Crippen LogP contribution in [0.15, 0.2) is 30.3 Å². The van der Waals surface area contributed by atoms with E-state index in [0.29, 0.717) is 11.1 Å². The fourth-order valence-corrected chi connectivity index (χ4v) is 1.46. The Morgan fingerprint density at radius 2 is 1.94 bits per heavy atom. The van der Waals surface area contributed by atoms with Crippen molar-refractivity contribution in [3.63, 3.8) is 0 Å². The standard InChI is InChI=1S/C12H10F2O2/c1-15-7-16-9-3-4-10-8(6-9)2-5-11(13)12(10)14/h2-6H,7H2,1H3. The highest BCUT2D eigenvalue weighted by Crippen LogP contribution is 2.24. The van der Waals surface area contributed by atoms with Crippen LogP contribution in [0.1, 0.15) is 0 Å². The van der Waals surface area contributed by atoms with Crippen LogP contribution in [0.5, 0.6) is 5.75 Å². The highest BCUT2D eigenvalue weighted by molar-refractivity contribution is 5.84. The van der Waals surface area contributed by atoms with E-state index in [0.717, 1.165) is 6.07 Å². The summed E-state index contributed by atoms with van der Waals surface area (Å²) in [6.07, 6.45) is 0. The molecule has 0 bridgehead atoms. The molecule has 0 saturated heterocycles. The van der Waals surface area contributed by atoms with E-state index in [1.807, 2.05) is 0 Å². The first-order valence-electron chi connectivity index (χ1n) is 4.72. The van der Waals surface area contributed by atoms with Crippen LogP contribution >= 0.6 is 0 Å². The second kappa shape index (κ2) is 4.45. The van der Waals surface area contributed by atoms with Crippen LogP contribution in [0.4, 0.5) is 8.78 Å². The molecule has 0 spiro atoms. The van der Waals surface area contributed by atoms with Gasteiger partial charge < -0.3 is 9.47 Å². The summed E-state index contributed by atoms with van der Waals surface area (Å²) in [7, 11) is 1.51. The van der Waals surface area contributed by atoms with Gasteiger partial charge in [-0.1, -0.05) is 6.07 Å². The maximum atomic E-state index is 13.3. The zero-order valence-corrected chi connectivity index (χ0v) is 8.67. The first-order valence-corrected chi connectivity index (χ1v) is 4.72. The Bertz CT molecular complexity index is 512. The van der Waals surface area contributed by atoms with E-state index in [1.54, 1.807) is 12.1 Å². The van der Waals surface area contributed by atoms with Crippen LogP contribution in [0.3, 0.4) is 0 Å². The average molecular weight is 224 g/mol. The van der Waals surface area contributed by atoms with Crippen LogP contribution in [-0.2, 0) is 4.74 Å². The molecular formula is C12H10F2O2. The van der Waals surface area contributed by atoms with E-state index >= 15 is 0 Å². The predicted molar refractivity (Wildman–Crippen MR) is 56.4 cm³/mol. The number of methoxy groups -OCH3 is 1. The second-order valence-corrected chi connectivity index (χ2v) is 3.30. The molecule has 2 aromatic rings. The van der Waals surface area contributed by atoms with Crippen LogP contribution < -0.4 is 4.74 Å². The maximum Gasteiger partial charge on any atom is 0.188 e. The zero-order valence-electron chi connectivity index (χ0n) is 8.67. The molecule has 0 amide bonds. The van der Waals surface area contributed by atoms with Crippen molar-refractivity contribution >= 4 is 10.8 Å². The van der Waals surface area contributed by atoms with E-state index < -0.39 is 11.6 Å².